The average molecular weight is 213 g/mol. The number of carboxylic acid groups (broad SMARTS) is 1. The Morgan fingerprint density at radius 2 is 2.20 bits per heavy atom. The van der Waals surface area contributed by atoms with Crippen molar-refractivity contribution in [1.82, 2.24) is 0 Å². The fourth-order valence-corrected chi connectivity index (χ4v) is 1.20. The fraction of sp³-hybridized carbons (Fsp3) is 0.222. The van der Waals surface area contributed by atoms with E-state index in [4.69, 9.17) is 5.11 Å². The monoisotopic (exact) mass is 213 g/mol. The summed E-state index contributed by atoms with van der Waals surface area (Å²) in [5, 5.41) is 19.0. The lowest BCUT2D eigenvalue weighted by atomic mass is 10.1. The molecule has 1 N–H and O–H groups in total. The third-order valence-electron chi connectivity index (χ3n) is 1.90. The number of carboxylic acids is 1. The van der Waals surface area contributed by atoms with Gasteiger partial charge < -0.3 is 5.11 Å². The van der Waals surface area contributed by atoms with Gasteiger partial charge >= 0.3 is 5.97 Å². The molecule has 0 aliphatic heterocycles. The minimum absolute atomic E-state index is 0.173. The molecule has 0 heterocycles. The highest BCUT2D eigenvalue weighted by Crippen LogP contribution is 2.22. The number of carbonyl (C=O) groups is 1. The van der Waals surface area contributed by atoms with Crippen LogP contribution in [0.3, 0.4) is 0 Å². The van der Waals surface area contributed by atoms with Crippen molar-refractivity contribution in [3.8, 4) is 0 Å². The van der Waals surface area contributed by atoms with Gasteiger partial charge in [0.15, 0.2) is 0 Å². The predicted molar refractivity (Wildman–Crippen MR) is 49.1 cm³/mol. The normalized spacial score (nSPS) is 10.0. The zero-order valence-electron chi connectivity index (χ0n) is 7.86. The van der Waals surface area contributed by atoms with E-state index in [1.165, 1.54) is 6.92 Å². The number of nitro benzene ring substituents is 1. The Hall–Kier alpha value is -1.98. The topological polar surface area (TPSA) is 80.4 Å². The lowest BCUT2D eigenvalue weighted by Gasteiger charge is -2.02. The first-order valence-corrected chi connectivity index (χ1v) is 4.07. The predicted octanol–water partition coefficient (Wildman–Crippen LogP) is 1.67. The van der Waals surface area contributed by atoms with Crippen molar-refractivity contribution in [2.24, 2.45) is 0 Å². The number of rotatable bonds is 3. The Balaban J connectivity index is 3.23. The summed E-state index contributed by atoms with van der Waals surface area (Å²) < 4.78 is 13.2. The molecule has 0 amide bonds. The van der Waals surface area contributed by atoms with Gasteiger partial charge in [-0.1, -0.05) is 0 Å². The second-order valence-corrected chi connectivity index (χ2v) is 3.06. The zero-order chi connectivity index (χ0) is 11.6. The highest BCUT2D eigenvalue weighted by atomic mass is 19.1. The van der Waals surface area contributed by atoms with Crippen molar-refractivity contribution < 1.29 is 19.2 Å². The Morgan fingerprint density at radius 3 is 2.67 bits per heavy atom. The molecule has 0 aromatic heterocycles. The molecule has 5 nitrogen and oxygen atoms in total. The lowest BCUT2D eigenvalue weighted by Crippen LogP contribution is -2.04. The molecule has 15 heavy (non-hydrogen) atoms. The highest BCUT2D eigenvalue weighted by Gasteiger charge is 2.16. The van der Waals surface area contributed by atoms with E-state index < -0.39 is 23.1 Å². The molecule has 0 aliphatic rings. The summed E-state index contributed by atoms with van der Waals surface area (Å²) in [5.41, 5.74) is -0.279. The summed E-state index contributed by atoms with van der Waals surface area (Å²) in [4.78, 5) is 20.2. The number of hydrogen-bond donors (Lipinski definition) is 1. The number of nitrogens with zero attached hydrogens (tertiary/aromatic N) is 1. The molecular formula is C9H8FNO4. The molecular weight excluding hydrogens is 205 g/mol. The van der Waals surface area contributed by atoms with Gasteiger partial charge in [-0.25, -0.2) is 4.39 Å². The lowest BCUT2D eigenvalue weighted by molar-refractivity contribution is -0.385. The fourth-order valence-electron chi connectivity index (χ4n) is 1.20. The second kappa shape index (κ2) is 4.04. The zero-order valence-corrected chi connectivity index (χ0v) is 7.86. The maximum absolute atomic E-state index is 13.2. The molecule has 6 heteroatoms. The van der Waals surface area contributed by atoms with Crippen LogP contribution in [-0.4, -0.2) is 16.0 Å². The quantitative estimate of drug-likeness (QED) is 0.611. The molecule has 0 spiro atoms. The van der Waals surface area contributed by atoms with Crippen molar-refractivity contribution in [3.05, 3.63) is 39.2 Å². The Bertz CT molecular complexity index is 430. The minimum Gasteiger partial charge on any atom is -0.481 e. The van der Waals surface area contributed by atoms with Crippen LogP contribution >= 0.6 is 0 Å². The van der Waals surface area contributed by atoms with Gasteiger partial charge in [0.25, 0.3) is 5.69 Å². The molecule has 0 fully saturated rings. The molecule has 80 valence electrons. The SMILES string of the molecule is Cc1cc(F)c(CC(=O)O)cc1[N+](=O)[O-]. The third-order valence-corrected chi connectivity index (χ3v) is 1.90. The summed E-state index contributed by atoms with van der Waals surface area (Å²) in [6.07, 6.45) is -0.563. The van der Waals surface area contributed by atoms with E-state index in [1.54, 1.807) is 0 Å². The smallest absolute Gasteiger partial charge is 0.307 e. The summed E-state index contributed by atoms with van der Waals surface area (Å²) >= 11 is 0. The molecule has 0 unspecified atom stereocenters. The number of benzene rings is 1. The van der Waals surface area contributed by atoms with E-state index in [0.717, 1.165) is 12.1 Å². The molecule has 0 aliphatic carbocycles. The van der Waals surface area contributed by atoms with E-state index >= 15 is 0 Å². The van der Waals surface area contributed by atoms with Crippen LogP contribution < -0.4 is 0 Å². The molecule has 1 aromatic rings. The van der Waals surface area contributed by atoms with Crippen molar-refractivity contribution >= 4 is 11.7 Å². The van der Waals surface area contributed by atoms with Crippen LogP contribution in [0, 0.1) is 22.9 Å². The van der Waals surface area contributed by atoms with Crippen LogP contribution in [0.2, 0.25) is 0 Å². The van der Waals surface area contributed by atoms with Gasteiger partial charge in [0.05, 0.1) is 11.3 Å². The molecule has 1 aromatic carbocycles. The number of halogens is 1. The largest absolute Gasteiger partial charge is 0.481 e. The van der Waals surface area contributed by atoms with Crippen molar-refractivity contribution in [2.75, 3.05) is 0 Å². The third kappa shape index (κ3) is 2.49. The summed E-state index contributed by atoms with van der Waals surface area (Å²) in [7, 11) is 0. The van der Waals surface area contributed by atoms with E-state index in [-0.39, 0.29) is 16.8 Å². The van der Waals surface area contributed by atoms with Crippen LogP contribution in [0.15, 0.2) is 12.1 Å². The first-order valence-electron chi connectivity index (χ1n) is 4.07. The van der Waals surface area contributed by atoms with Gasteiger partial charge in [0, 0.05) is 17.2 Å². The van der Waals surface area contributed by atoms with E-state index in [9.17, 15) is 19.3 Å². The van der Waals surface area contributed by atoms with Gasteiger partial charge in [0.1, 0.15) is 5.82 Å². The van der Waals surface area contributed by atoms with Crippen molar-refractivity contribution in [2.45, 2.75) is 13.3 Å². The van der Waals surface area contributed by atoms with Gasteiger partial charge in [-0.3, -0.25) is 14.9 Å². The number of hydrogen-bond acceptors (Lipinski definition) is 3. The van der Waals surface area contributed by atoms with Crippen LogP contribution in [0.4, 0.5) is 10.1 Å². The molecule has 0 atom stereocenters. The Labute approximate surface area is 84.3 Å². The van der Waals surface area contributed by atoms with E-state index in [2.05, 4.69) is 0 Å². The standard InChI is InChI=1S/C9H8FNO4/c1-5-2-7(10)6(4-9(12)13)3-8(5)11(14)15/h2-3H,4H2,1H3,(H,12,13). The first kappa shape index (κ1) is 11.1. The van der Waals surface area contributed by atoms with E-state index in [1.807, 2.05) is 0 Å². The van der Waals surface area contributed by atoms with Crippen molar-refractivity contribution in [1.29, 1.82) is 0 Å². The van der Waals surface area contributed by atoms with Crippen molar-refractivity contribution in [3.63, 3.8) is 0 Å². The van der Waals surface area contributed by atoms with Crippen LogP contribution in [0.5, 0.6) is 0 Å². The van der Waals surface area contributed by atoms with Crippen LogP contribution in [0.25, 0.3) is 0 Å². The molecule has 0 bridgehead atoms. The average Bonchev–Trinajstić information content (AvgIpc) is 2.08. The van der Waals surface area contributed by atoms with Crippen LogP contribution in [-0.2, 0) is 11.2 Å². The number of aliphatic carboxylic acids is 1. The molecule has 0 saturated carbocycles. The number of nitro groups is 1. The van der Waals surface area contributed by atoms with Gasteiger partial charge in [-0.15, -0.1) is 0 Å². The van der Waals surface area contributed by atoms with Crippen LogP contribution in [0.1, 0.15) is 11.1 Å². The maximum atomic E-state index is 13.2. The molecule has 0 saturated heterocycles. The second-order valence-electron chi connectivity index (χ2n) is 3.06. The number of aryl methyl sites for hydroxylation is 1. The van der Waals surface area contributed by atoms with E-state index in [0.29, 0.717) is 0 Å². The molecule has 1 rings (SSSR count). The summed E-state index contributed by atoms with van der Waals surface area (Å²) in [6.45, 7) is 1.39. The maximum Gasteiger partial charge on any atom is 0.307 e. The summed E-state index contributed by atoms with van der Waals surface area (Å²) in [6, 6.07) is 1.93. The molecule has 0 radical (unpaired) electrons. The Kier molecular flexibility index (Phi) is 2.99. The highest BCUT2D eigenvalue weighted by molar-refractivity contribution is 5.70. The van der Waals surface area contributed by atoms with Gasteiger partial charge in [-0.2, -0.15) is 0 Å². The van der Waals surface area contributed by atoms with Gasteiger partial charge in [-0.05, 0) is 13.0 Å². The minimum atomic E-state index is -1.23. The first-order chi connectivity index (χ1) is 6.91. The summed E-state index contributed by atoms with van der Waals surface area (Å²) in [5.74, 6) is -1.97. The Morgan fingerprint density at radius 1 is 1.60 bits per heavy atom. The van der Waals surface area contributed by atoms with Gasteiger partial charge in [0.2, 0.25) is 0 Å².